The molecule has 0 aliphatic heterocycles. The molecule has 0 unspecified atom stereocenters. The summed E-state index contributed by atoms with van der Waals surface area (Å²) in [4.78, 5) is 17.6. The minimum absolute atomic E-state index is 0.349. The van der Waals surface area contributed by atoms with Crippen LogP contribution in [-0.2, 0) is 11.2 Å². The van der Waals surface area contributed by atoms with Gasteiger partial charge in [0.15, 0.2) is 0 Å². The van der Waals surface area contributed by atoms with Crippen molar-refractivity contribution in [2.45, 2.75) is 33.3 Å². The SMILES string of the molecule is CCc1nc2ccccc2c(C(=O)O[C@H](C)c2ccccc2Cl)c1C. The Bertz CT molecular complexity index is 936. The molecule has 0 aliphatic rings. The van der Waals surface area contributed by atoms with Gasteiger partial charge in [-0.3, -0.25) is 4.98 Å². The topological polar surface area (TPSA) is 39.2 Å². The lowest BCUT2D eigenvalue weighted by atomic mass is 10.00. The highest BCUT2D eigenvalue weighted by Gasteiger charge is 2.21. The summed E-state index contributed by atoms with van der Waals surface area (Å²) in [6, 6.07) is 15.1. The molecule has 0 aliphatic carbocycles. The van der Waals surface area contributed by atoms with Gasteiger partial charge in [0, 0.05) is 21.7 Å². The molecule has 0 amide bonds. The summed E-state index contributed by atoms with van der Waals surface area (Å²) in [6.45, 7) is 5.79. The lowest BCUT2D eigenvalue weighted by Crippen LogP contribution is -2.13. The van der Waals surface area contributed by atoms with Crippen LogP contribution in [0.3, 0.4) is 0 Å². The summed E-state index contributed by atoms with van der Waals surface area (Å²) in [7, 11) is 0. The molecule has 3 aromatic rings. The molecule has 128 valence electrons. The van der Waals surface area contributed by atoms with Crippen LogP contribution >= 0.6 is 11.6 Å². The van der Waals surface area contributed by atoms with Crippen molar-refractivity contribution in [1.82, 2.24) is 4.98 Å². The van der Waals surface area contributed by atoms with Crippen molar-refractivity contribution in [3.05, 3.63) is 75.9 Å². The Hall–Kier alpha value is -2.39. The molecule has 0 spiro atoms. The summed E-state index contributed by atoms with van der Waals surface area (Å²) in [5, 5.41) is 1.40. The molecule has 4 heteroatoms. The number of pyridine rings is 1. The number of esters is 1. The number of fused-ring (bicyclic) bond motifs is 1. The van der Waals surface area contributed by atoms with E-state index in [9.17, 15) is 4.79 Å². The smallest absolute Gasteiger partial charge is 0.339 e. The highest BCUT2D eigenvalue weighted by Crippen LogP contribution is 2.29. The second kappa shape index (κ2) is 7.24. The van der Waals surface area contributed by atoms with Crippen LogP contribution in [0.2, 0.25) is 5.02 Å². The molecule has 0 bridgehead atoms. The monoisotopic (exact) mass is 353 g/mol. The predicted molar refractivity (Wildman–Crippen MR) is 101 cm³/mol. The van der Waals surface area contributed by atoms with Crippen molar-refractivity contribution in [1.29, 1.82) is 0 Å². The van der Waals surface area contributed by atoms with Crippen LogP contribution < -0.4 is 0 Å². The predicted octanol–water partition coefficient (Wildman–Crippen LogP) is 5.68. The first-order valence-electron chi connectivity index (χ1n) is 8.36. The lowest BCUT2D eigenvalue weighted by Gasteiger charge is -2.18. The van der Waals surface area contributed by atoms with E-state index in [0.29, 0.717) is 10.6 Å². The fraction of sp³-hybridized carbons (Fsp3) is 0.238. The van der Waals surface area contributed by atoms with E-state index in [1.165, 1.54) is 0 Å². The Morgan fingerprint density at radius 1 is 1.16 bits per heavy atom. The number of rotatable bonds is 4. The summed E-state index contributed by atoms with van der Waals surface area (Å²) < 4.78 is 5.74. The molecule has 25 heavy (non-hydrogen) atoms. The minimum Gasteiger partial charge on any atom is -0.454 e. The second-order valence-corrected chi connectivity index (χ2v) is 6.41. The number of ether oxygens (including phenoxy) is 1. The quantitative estimate of drug-likeness (QED) is 0.566. The third-order valence-corrected chi connectivity index (χ3v) is 4.75. The van der Waals surface area contributed by atoms with E-state index in [-0.39, 0.29) is 5.97 Å². The molecule has 1 heterocycles. The van der Waals surface area contributed by atoms with Crippen molar-refractivity contribution in [2.24, 2.45) is 0 Å². The third kappa shape index (κ3) is 3.38. The van der Waals surface area contributed by atoms with Crippen LogP contribution in [0.4, 0.5) is 0 Å². The molecule has 0 fully saturated rings. The molecule has 1 aromatic heterocycles. The largest absolute Gasteiger partial charge is 0.454 e. The Balaban J connectivity index is 2.02. The van der Waals surface area contributed by atoms with Gasteiger partial charge in [0.25, 0.3) is 0 Å². The Labute approximate surface area is 152 Å². The van der Waals surface area contributed by atoms with Gasteiger partial charge in [-0.15, -0.1) is 0 Å². The first kappa shape index (κ1) is 17.4. The van der Waals surface area contributed by atoms with Crippen molar-refractivity contribution in [3.63, 3.8) is 0 Å². The minimum atomic E-state index is -0.433. The summed E-state index contributed by atoms with van der Waals surface area (Å²) >= 11 is 6.22. The van der Waals surface area contributed by atoms with Gasteiger partial charge in [0.2, 0.25) is 0 Å². The van der Waals surface area contributed by atoms with E-state index >= 15 is 0 Å². The van der Waals surface area contributed by atoms with Crippen LogP contribution in [0, 0.1) is 6.92 Å². The first-order chi connectivity index (χ1) is 12.0. The number of hydrogen-bond acceptors (Lipinski definition) is 3. The average molecular weight is 354 g/mol. The molecule has 0 N–H and O–H groups in total. The molecule has 2 aromatic carbocycles. The molecule has 3 nitrogen and oxygen atoms in total. The Morgan fingerprint density at radius 2 is 1.84 bits per heavy atom. The van der Waals surface area contributed by atoms with E-state index < -0.39 is 6.10 Å². The first-order valence-corrected chi connectivity index (χ1v) is 8.74. The van der Waals surface area contributed by atoms with Crippen LogP contribution in [0.1, 0.15) is 47.1 Å². The molecule has 0 saturated carbocycles. The molecular formula is C21H20ClNO2. The number of hydrogen-bond donors (Lipinski definition) is 0. The molecule has 0 radical (unpaired) electrons. The molecular weight excluding hydrogens is 334 g/mol. The van der Waals surface area contributed by atoms with Gasteiger partial charge in [0.1, 0.15) is 6.10 Å². The van der Waals surface area contributed by atoms with Crippen LogP contribution in [0.5, 0.6) is 0 Å². The van der Waals surface area contributed by atoms with Crippen molar-refractivity contribution in [3.8, 4) is 0 Å². The maximum Gasteiger partial charge on any atom is 0.339 e. The average Bonchev–Trinajstić information content (AvgIpc) is 2.61. The molecule has 0 saturated heterocycles. The van der Waals surface area contributed by atoms with Gasteiger partial charge in [-0.1, -0.05) is 54.9 Å². The molecule has 1 atom stereocenters. The Kier molecular flexibility index (Phi) is 5.05. The van der Waals surface area contributed by atoms with Gasteiger partial charge in [-0.2, -0.15) is 0 Å². The van der Waals surface area contributed by atoms with Gasteiger partial charge < -0.3 is 4.74 Å². The van der Waals surface area contributed by atoms with Crippen molar-refractivity contribution >= 4 is 28.5 Å². The third-order valence-electron chi connectivity index (χ3n) is 4.40. The van der Waals surface area contributed by atoms with Crippen LogP contribution in [-0.4, -0.2) is 11.0 Å². The zero-order chi connectivity index (χ0) is 18.0. The van der Waals surface area contributed by atoms with Gasteiger partial charge in [-0.25, -0.2) is 4.79 Å². The van der Waals surface area contributed by atoms with Crippen molar-refractivity contribution < 1.29 is 9.53 Å². The number of aryl methyl sites for hydroxylation is 1. The van der Waals surface area contributed by atoms with Crippen molar-refractivity contribution in [2.75, 3.05) is 0 Å². The lowest BCUT2D eigenvalue weighted by molar-refractivity contribution is 0.0339. The van der Waals surface area contributed by atoms with Crippen LogP contribution in [0.15, 0.2) is 48.5 Å². The fourth-order valence-corrected chi connectivity index (χ4v) is 3.34. The standard InChI is InChI=1S/C21H20ClNO2/c1-4-18-13(2)20(16-10-6-8-12-19(16)23-18)21(24)25-14(3)15-9-5-7-11-17(15)22/h5-12,14H,4H2,1-3H3/t14-/m1/s1. The number of halogens is 1. The zero-order valence-electron chi connectivity index (χ0n) is 14.5. The number of carbonyl (C=O) groups is 1. The summed E-state index contributed by atoms with van der Waals surface area (Å²) in [5.41, 5.74) is 3.97. The van der Waals surface area contributed by atoms with E-state index in [1.54, 1.807) is 6.07 Å². The van der Waals surface area contributed by atoms with Gasteiger partial charge in [0.05, 0.1) is 11.1 Å². The molecule has 3 rings (SSSR count). The number of para-hydroxylation sites is 1. The van der Waals surface area contributed by atoms with E-state index in [4.69, 9.17) is 16.3 Å². The van der Waals surface area contributed by atoms with Gasteiger partial charge in [-0.05, 0) is 38.0 Å². The number of aromatic nitrogens is 1. The van der Waals surface area contributed by atoms with E-state index in [0.717, 1.165) is 34.1 Å². The highest BCUT2D eigenvalue weighted by atomic mass is 35.5. The zero-order valence-corrected chi connectivity index (χ0v) is 15.3. The number of nitrogens with zero attached hydrogens (tertiary/aromatic N) is 1. The maximum atomic E-state index is 12.9. The van der Waals surface area contributed by atoms with E-state index in [1.807, 2.05) is 63.2 Å². The number of carbonyl (C=O) groups excluding carboxylic acids is 1. The van der Waals surface area contributed by atoms with Crippen LogP contribution in [0.25, 0.3) is 10.9 Å². The number of benzene rings is 2. The van der Waals surface area contributed by atoms with Gasteiger partial charge >= 0.3 is 5.97 Å². The highest BCUT2D eigenvalue weighted by molar-refractivity contribution is 6.31. The van der Waals surface area contributed by atoms with E-state index in [2.05, 4.69) is 4.98 Å². The second-order valence-electron chi connectivity index (χ2n) is 6.00. The Morgan fingerprint density at radius 3 is 2.56 bits per heavy atom. The normalized spacial score (nSPS) is 12.2. The fourth-order valence-electron chi connectivity index (χ4n) is 3.05. The maximum absolute atomic E-state index is 12.9. The summed E-state index contributed by atoms with van der Waals surface area (Å²) in [6.07, 6.45) is 0.328. The summed E-state index contributed by atoms with van der Waals surface area (Å²) in [5.74, 6) is -0.349.